The third kappa shape index (κ3) is 3.81. The van der Waals surface area contributed by atoms with E-state index in [-0.39, 0.29) is 11.8 Å². The number of nitrogens with one attached hydrogen (secondary N) is 1. The van der Waals surface area contributed by atoms with E-state index in [1.165, 1.54) is 11.3 Å². The fraction of sp³-hybridized carbons (Fsp3) is 0.455. The monoisotopic (exact) mass is 319 g/mol. The highest BCUT2D eigenvalue weighted by atomic mass is 79.9. The predicted molar refractivity (Wildman–Crippen MR) is 70.4 cm³/mol. The van der Waals surface area contributed by atoms with Crippen LogP contribution in [0.25, 0.3) is 0 Å². The third-order valence-corrected chi connectivity index (χ3v) is 4.10. The maximum Gasteiger partial charge on any atom is 0.326 e. The zero-order chi connectivity index (χ0) is 13.0. The number of thiophene rings is 1. The maximum atomic E-state index is 11.8. The fourth-order valence-corrected chi connectivity index (χ4v) is 2.47. The number of hydrogen-bond donors (Lipinski definition) is 2. The first kappa shape index (κ1) is 14.2. The molecule has 0 aromatic carbocycles. The van der Waals surface area contributed by atoms with Crippen LogP contribution in [0.3, 0.4) is 0 Å². The van der Waals surface area contributed by atoms with Gasteiger partial charge in [0, 0.05) is 5.38 Å². The van der Waals surface area contributed by atoms with E-state index in [0.29, 0.717) is 12.0 Å². The molecule has 0 aliphatic carbocycles. The molecule has 1 rings (SSSR count). The first-order valence-corrected chi connectivity index (χ1v) is 6.90. The Bertz CT molecular complexity index is 419. The largest absolute Gasteiger partial charge is 0.480 e. The van der Waals surface area contributed by atoms with Gasteiger partial charge < -0.3 is 10.4 Å². The average Bonchev–Trinajstić information content (AvgIpc) is 2.71. The average molecular weight is 320 g/mol. The second kappa shape index (κ2) is 6.16. The molecule has 2 unspecified atom stereocenters. The standard InChI is InChI=1S/C11H14BrNO3S/c1-3-6(2)9(11(15)16)13-10(14)7-4-8(12)17-5-7/h4-6,9H,3H2,1-2H3,(H,13,14)(H,15,16). The van der Waals surface area contributed by atoms with E-state index in [2.05, 4.69) is 21.2 Å². The normalized spacial score (nSPS) is 14.1. The summed E-state index contributed by atoms with van der Waals surface area (Å²) < 4.78 is 0.845. The number of aliphatic carboxylic acids is 1. The van der Waals surface area contributed by atoms with E-state index < -0.39 is 12.0 Å². The smallest absolute Gasteiger partial charge is 0.326 e. The number of carbonyl (C=O) groups is 2. The predicted octanol–water partition coefficient (Wildman–Crippen LogP) is 2.74. The molecule has 0 aliphatic heterocycles. The Hall–Kier alpha value is -0.880. The van der Waals surface area contributed by atoms with Crippen LogP contribution in [0.2, 0.25) is 0 Å². The third-order valence-electron chi connectivity index (χ3n) is 2.60. The fourth-order valence-electron chi connectivity index (χ4n) is 1.34. The first-order chi connectivity index (χ1) is 7.95. The molecule has 0 saturated heterocycles. The van der Waals surface area contributed by atoms with Crippen LogP contribution in [0.4, 0.5) is 0 Å². The molecule has 0 radical (unpaired) electrons. The molecular formula is C11H14BrNO3S. The number of amides is 1. The Labute approximate surface area is 112 Å². The molecule has 0 spiro atoms. The van der Waals surface area contributed by atoms with E-state index >= 15 is 0 Å². The molecule has 0 aliphatic rings. The molecule has 1 amide bonds. The highest BCUT2D eigenvalue weighted by molar-refractivity contribution is 9.11. The van der Waals surface area contributed by atoms with Crippen LogP contribution in [0, 0.1) is 5.92 Å². The topological polar surface area (TPSA) is 66.4 Å². The van der Waals surface area contributed by atoms with E-state index in [1.54, 1.807) is 11.4 Å². The minimum Gasteiger partial charge on any atom is -0.480 e. The molecule has 0 fully saturated rings. The van der Waals surface area contributed by atoms with E-state index in [9.17, 15) is 9.59 Å². The highest BCUT2D eigenvalue weighted by Crippen LogP contribution is 2.21. The van der Waals surface area contributed by atoms with Gasteiger partial charge in [0.15, 0.2) is 0 Å². The van der Waals surface area contributed by atoms with Crippen LogP contribution in [-0.4, -0.2) is 23.0 Å². The number of carboxylic acids is 1. The molecule has 17 heavy (non-hydrogen) atoms. The number of carboxylic acid groups (broad SMARTS) is 1. The van der Waals surface area contributed by atoms with Crippen molar-refractivity contribution in [2.45, 2.75) is 26.3 Å². The second-order valence-corrected chi connectivity index (χ2v) is 6.10. The summed E-state index contributed by atoms with van der Waals surface area (Å²) in [5.41, 5.74) is 0.483. The molecule has 6 heteroatoms. The molecule has 1 aromatic heterocycles. The van der Waals surface area contributed by atoms with Crippen LogP contribution in [0.15, 0.2) is 15.2 Å². The van der Waals surface area contributed by atoms with Crippen molar-refractivity contribution < 1.29 is 14.7 Å². The molecular weight excluding hydrogens is 306 g/mol. The number of carbonyl (C=O) groups excluding carboxylic acids is 1. The quantitative estimate of drug-likeness (QED) is 0.877. The molecule has 1 aromatic rings. The SMILES string of the molecule is CCC(C)C(NC(=O)c1csc(Br)c1)C(=O)O. The van der Waals surface area contributed by atoms with Gasteiger partial charge in [-0.15, -0.1) is 11.3 Å². The summed E-state index contributed by atoms with van der Waals surface area (Å²) in [6, 6.07) is 0.835. The van der Waals surface area contributed by atoms with E-state index in [1.807, 2.05) is 13.8 Å². The van der Waals surface area contributed by atoms with Crippen LogP contribution in [0.5, 0.6) is 0 Å². The summed E-state index contributed by atoms with van der Waals surface area (Å²) in [6.07, 6.45) is 0.699. The minimum absolute atomic E-state index is 0.0986. The van der Waals surface area contributed by atoms with Gasteiger partial charge in [-0.2, -0.15) is 0 Å². The maximum absolute atomic E-state index is 11.8. The second-order valence-electron chi connectivity index (χ2n) is 3.81. The first-order valence-electron chi connectivity index (χ1n) is 5.23. The van der Waals surface area contributed by atoms with Gasteiger partial charge in [-0.25, -0.2) is 4.79 Å². The van der Waals surface area contributed by atoms with Crippen molar-refractivity contribution in [3.63, 3.8) is 0 Å². The molecule has 1 heterocycles. The Balaban J connectivity index is 2.74. The molecule has 2 N–H and O–H groups in total. The van der Waals surface area contributed by atoms with E-state index in [0.717, 1.165) is 3.79 Å². The van der Waals surface area contributed by atoms with Gasteiger partial charge in [0.1, 0.15) is 6.04 Å². The van der Waals surface area contributed by atoms with Crippen LogP contribution < -0.4 is 5.32 Å². The molecule has 2 atom stereocenters. The summed E-state index contributed by atoms with van der Waals surface area (Å²) in [5.74, 6) is -1.44. The Morgan fingerprint density at radius 3 is 2.65 bits per heavy atom. The van der Waals surface area contributed by atoms with Gasteiger partial charge in [-0.1, -0.05) is 20.3 Å². The molecule has 0 saturated carbocycles. The zero-order valence-corrected chi connectivity index (χ0v) is 12.0. The summed E-state index contributed by atoms with van der Waals surface area (Å²) in [5, 5.41) is 13.3. The number of rotatable bonds is 5. The summed E-state index contributed by atoms with van der Waals surface area (Å²) in [7, 11) is 0. The van der Waals surface area contributed by atoms with Crippen molar-refractivity contribution in [3.8, 4) is 0 Å². The van der Waals surface area contributed by atoms with Crippen molar-refractivity contribution in [2.75, 3.05) is 0 Å². The van der Waals surface area contributed by atoms with Crippen LogP contribution >= 0.6 is 27.3 Å². The summed E-state index contributed by atoms with van der Waals surface area (Å²) in [4.78, 5) is 22.9. The van der Waals surface area contributed by atoms with Gasteiger partial charge in [0.25, 0.3) is 5.91 Å². The lowest BCUT2D eigenvalue weighted by Gasteiger charge is -2.19. The lowest BCUT2D eigenvalue weighted by Crippen LogP contribution is -2.44. The summed E-state index contributed by atoms with van der Waals surface area (Å²) in [6.45, 7) is 3.70. The van der Waals surface area contributed by atoms with Gasteiger partial charge in [0.2, 0.25) is 0 Å². The van der Waals surface area contributed by atoms with Gasteiger partial charge in [0.05, 0.1) is 9.35 Å². The van der Waals surface area contributed by atoms with Crippen molar-refractivity contribution in [1.29, 1.82) is 0 Å². The summed E-state index contributed by atoms with van der Waals surface area (Å²) >= 11 is 4.65. The lowest BCUT2D eigenvalue weighted by atomic mass is 9.99. The Morgan fingerprint density at radius 1 is 1.59 bits per heavy atom. The number of hydrogen-bond acceptors (Lipinski definition) is 3. The Morgan fingerprint density at radius 2 is 2.24 bits per heavy atom. The van der Waals surface area contributed by atoms with Crippen LogP contribution in [0.1, 0.15) is 30.6 Å². The Kier molecular flexibility index (Phi) is 5.14. The van der Waals surface area contributed by atoms with Crippen molar-refractivity contribution >= 4 is 39.1 Å². The van der Waals surface area contributed by atoms with Gasteiger partial charge in [-0.05, 0) is 27.9 Å². The minimum atomic E-state index is -0.998. The highest BCUT2D eigenvalue weighted by Gasteiger charge is 2.25. The van der Waals surface area contributed by atoms with Crippen LogP contribution in [-0.2, 0) is 4.79 Å². The molecule has 4 nitrogen and oxygen atoms in total. The van der Waals surface area contributed by atoms with Crippen molar-refractivity contribution in [3.05, 3.63) is 20.8 Å². The van der Waals surface area contributed by atoms with Crippen molar-refractivity contribution in [2.24, 2.45) is 5.92 Å². The lowest BCUT2D eigenvalue weighted by molar-refractivity contribution is -0.140. The van der Waals surface area contributed by atoms with E-state index in [4.69, 9.17) is 5.11 Å². The van der Waals surface area contributed by atoms with Gasteiger partial charge in [-0.3, -0.25) is 4.79 Å². The number of halogens is 1. The molecule has 94 valence electrons. The van der Waals surface area contributed by atoms with Crippen molar-refractivity contribution in [1.82, 2.24) is 5.32 Å². The molecule has 0 bridgehead atoms. The van der Waals surface area contributed by atoms with Gasteiger partial charge >= 0.3 is 5.97 Å². The zero-order valence-electron chi connectivity index (χ0n) is 9.57.